The van der Waals surface area contributed by atoms with E-state index in [-0.39, 0.29) is 11.9 Å². The highest BCUT2D eigenvalue weighted by molar-refractivity contribution is 5.83. The number of aromatic nitrogens is 2. The van der Waals surface area contributed by atoms with Gasteiger partial charge in [-0.25, -0.2) is 4.68 Å². The lowest BCUT2D eigenvalue weighted by Gasteiger charge is -2.18. The van der Waals surface area contributed by atoms with Crippen molar-refractivity contribution in [3.63, 3.8) is 0 Å². The summed E-state index contributed by atoms with van der Waals surface area (Å²) < 4.78 is 1.85. The molecular formula is C21H22N4O. The molecule has 0 bridgehead atoms. The highest BCUT2D eigenvalue weighted by atomic mass is 16.2. The van der Waals surface area contributed by atoms with E-state index in [1.165, 1.54) is 0 Å². The second-order valence-corrected chi connectivity index (χ2v) is 6.64. The zero-order valence-corrected chi connectivity index (χ0v) is 14.5. The van der Waals surface area contributed by atoms with Crippen molar-refractivity contribution in [1.29, 1.82) is 0 Å². The number of benzene rings is 2. The van der Waals surface area contributed by atoms with Crippen molar-refractivity contribution in [2.45, 2.75) is 31.5 Å². The van der Waals surface area contributed by atoms with Crippen LogP contribution in [-0.4, -0.2) is 21.7 Å². The zero-order chi connectivity index (χ0) is 17.8. The van der Waals surface area contributed by atoms with Gasteiger partial charge in [0.25, 0.3) is 0 Å². The number of carbonyl (C=O) groups is 1. The Hall–Kier alpha value is -2.92. The summed E-state index contributed by atoms with van der Waals surface area (Å²) in [6.07, 6.45) is 5.98. The number of carbonyl (C=O) groups excluding carboxylic acids is 1. The second-order valence-electron chi connectivity index (χ2n) is 6.64. The van der Waals surface area contributed by atoms with Crippen LogP contribution in [0.25, 0.3) is 5.69 Å². The van der Waals surface area contributed by atoms with E-state index >= 15 is 0 Å². The summed E-state index contributed by atoms with van der Waals surface area (Å²) in [5.41, 5.74) is 3.03. The van der Waals surface area contributed by atoms with Gasteiger partial charge in [0.1, 0.15) is 6.04 Å². The molecule has 2 N–H and O–H groups in total. The van der Waals surface area contributed by atoms with Gasteiger partial charge in [0.2, 0.25) is 5.91 Å². The highest BCUT2D eigenvalue weighted by Gasteiger charge is 2.28. The first-order valence-electron chi connectivity index (χ1n) is 8.97. The maximum atomic E-state index is 12.6. The normalized spacial score (nSPS) is 14.8. The molecule has 1 aromatic heterocycles. The van der Waals surface area contributed by atoms with Gasteiger partial charge in [-0.05, 0) is 30.5 Å². The predicted octanol–water partition coefficient (Wildman–Crippen LogP) is 2.98. The lowest BCUT2D eigenvalue weighted by Crippen LogP contribution is -2.38. The largest absolute Gasteiger partial charge is 0.352 e. The van der Waals surface area contributed by atoms with Crippen LogP contribution in [0.2, 0.25) is 0 Å². The Morgan fingerprint density at radius 3 is 2.46 bits per heavy atom. The molecule has 1 atom stereocenters. The molecule has 1 amide bonds. The number of hydrogen-bond acceptors (Lipinski definition) is 3. The highest BCUT2D eigenvalue weighted by Crippen LogP contribution is 2.21. The molecule has 5 nitrogen and oxygen atoms in total. The fourth-order valence-corrected chi connectivity index (χ4v) is 2.91. The molecule has 1 fully saturated rings. The van der Waals surface area contributed by atoms with Gasteiger partial charge in [-0.1, -0.05) is 48.5 Å². The number of amides is 1. The predicted molar refractivity (Wildman–Crippen MR) is 101 cm³/mol. The standard InChI is InChI=1S/C21H22N4O/c26-21(24-18-11-12-18)20(17-7-3-1-4-8-17)22-13-16-14-23-25(15-16)19-9-5-2-6-10-19/h1-10,14-15,18,20,22H,11-13H2,(H,24,26)/t20-/m1/s1. The van der Waals surface area contributed by atoms with Crippen molar-refractivity contribution in [2.24, 2.45) is 0 Å². The van der Waals surface area contributed by atoms with Gasteiger partial charge in [0, 0.05) is 24.3 Å². The van der Waals surface area contributed by atoms with Gasteiger partial charge in [-0.2, -0.15) is 5.10 Å². The van der Waals surface area contributed by atoms with E-state index in [0.29, 0.717) is 12.6 Å². The van der Waals surface area contributed by atoms with Crippen LogP contribution in [0, 0.1) is 0 Å². The van der Waals surface area contributed by atoms with Crippen LogP contribution in [-0.2, 0) is 11.3 Å². The summed E-state index contributed by atoms with van der Waals surface area (Å²) in [6, 6.07) is 19.8. The van der Waals surface area contributed by atoms with Crippen molar-refractivity contribution in [3.05, 3.63) is 84.2 Å². The van der Waals surface area contributed by atoms with Gasteiger partial charge in [0.15, 0.2) is 0 Å². The quantitative estimate of drug-likeness (QED) is 0.691. The van der Waals surface area contributed by atoms with Crippen LogP contribution >= 0.6 is 0 Å². The Balaban J connectivity index is 1.46. The van der Waals surface area contributed by atoms with E-state index < -0.39 is 0 Å². The summed E-state index contributed by atoms with van der Waals surface area (Å²) in [4.78, 5) is 12.6. The molecule has 2 aromatic carbocycles. The molecule has 3 aromatic rings. The molecule has 0 unspecified atom stereocenters. The Morgan fingerprint density at radius 2 is 1.77 bits per heavy atom. The average Bonchev–Trinajstić information content (AvgIpc) is 3.37. The molecule has 0 saturated heterocycles. The third-order valence-electron chi connectivity index (χ3n) is 4.49. The number of hydrogen-bond donors (Lipinski definition) is 2. The average molecular weight is 346 g/mol. The smallest absolute Gasteiger partial charge is 0.241 e. The monoisotopic (exact) mass is 346 g/mol. The van der Waals surface area contributed by atoms with Crippen LogP contribution in [0.5, 0.6) is 0 Å². The van der Waals surface area contributed by atoms with Crippen LogP contribution in [0.3, 0.4) is 0 Å². The van der Waals surface area contributed by atoms with E-state index in [9.17, 15) is 4.79 Å². The third-order valence-corrected chi connectivity index (χ3v) is 4.49. The first-order valence-corrected chi connectivity index (χ1v) is 8.97. The minimum Gasteiger partial charge on any atom is -0.352 e. The van der Waals surface area contributed by atoms with Gasteiger partial charge >= 0.3 is 0 Å². The van der Waals surface area contributed by atoms with Crippen molar-refractivity contribution < 1.29 is 4.79 Å². The first-order chi connectivity index (χ1) is 12.8. The van der Waals surface area contributed by atoms with E-state index in [1.54, 1.807) is 0 Å². The Morgan fingerprint density at radius 1 is 1.08 bits per heavy atom. The number of para-hydroxylation sites is 1. The minimum atomic E-state index is -0.364. The third kappa shape index (κ3) is 4.00. The van der Waals surface area contributed by atoms with E-state index in [0.717, 1.165) is 29.7 Å². The van der Waals surface area contributed by atoms with Crippen LogP contribution < -0.4 is 10.6 Å². The Labute approximate surface area is 153 Å². The molecular weight excluding hydrogens is 324 g/mol. The maximum Gasteiger partial charge on any atom is 0.241 e. The summed E-state index contributed by atoms with van der Waals surface area (Å²) in [5, 5.41) is 10.9. The van der Waals surface area contributed by atoms with E-state index in [2.05, 4.69) is 15.7 Å². The molecule has 1 heterocycles. The number of rotatable bonds is 7. The fourth-order valence-electron chi connectivity index (χ4n) is 2.91. The molecule has 0 aliphatic heterocycles. The molecule has 132 valence electrons. The SMILES string of the molecule is O=C(NC1CC1)[C@H](NCc1cnn(-c2ccccc2)c1)c1ccccc1. The molecule has 0 spiro atoms. The topological polar surface area (TPSA) is 59.0 Å². The van der Waals surface area contributed by atoms with Crippen molar-refractivity contribution in [2.75, 3.05) is 0 Å². The molecule has 1 aliphatic rings. The second kappa shape index (κ2) is 7.54. The van der Waals surface area contributed by atoms with Crippen LogP contribution in [0.1, 0.15) is 30.0 Å². The van der Waals surface area contributed by atoms with Crippen molar-refractivity contribution >= 4 is 5.91 Å². The molecule has 4 rings (SSSR count). The Bertz CT molecular complexity index is 856. The summed E-state index contributed by atoms with van der Waals surface area (Å²) >= 11 is 0. The summed E-state index contributed by atoms with van der Waals surface area (Å²) in [6.45, 7) is 0.574. The zero-order valence-electron chi connectivity index (χ0n) is 14.5. The molecule has 1 aliphatic carbocycles. The van der Waals surface area contributed by atoms with Crippen molar-refractivity contribution in [3.8, 4) is 5.69 Å². The van der Waals surface area contributed by atoms with E-state index in [1.807, 2.05) is 77.7 Å². The van der Waals surface area contributed by atoms with Crippen molar-refractivity contribution in [1.82, 2.24) is 20.4 Å². The van der Waals surface area contributed by atoms with Gasteiger partial charge < -0.3 is 5.32 Å². The van der Waals surface area contributed by atoms with Crippen LogP contribution in [0.15, 0.2) is 73.1 Å². The molecule has 5 heteroatoms. The summed E-state index contributed by atoms with van der Waals surface area (Å²) in [5.74, 6) is 0.0363. The van der Waals surface area contributed by atoms with Gasteiger partial charge in [-0.3, -0.25) is 10.1 Å². The lowest BCUT2D eigenvalue weighted by molar-refractivity contribution is -0.123. The number of nitrogens with one attached hydrogen (secondary N) is 2. The van der Waals surface area contributed by atoms with Crippen LogP contribution in [0.4, 0.5) is 0 Å². The molecule has 0 radical (unpaired) electrons. The minimum absolute atomic E-state index is 0.0363. The fraction of sp³-hybridized carbons (Fsp3) is 0.238. The van der Waals surface area contributed by atoms with Gasteiger partial charge in [0.05, 0.1) is 11.9 Å². The van der Waals surface area contributed by atoms with Gasteiger partial charge in [-0.15, -0.1) is 0 Å². The van der Waals surface area contributed by atoms with E-state index in [4.69, 9.17) is 0 Å². The molecule has 26 heavy (non-hydrogen) atoms. The molecule has 1 saturated carbocycles. The summed E-state index contributed by atoms with van der Waals surface area (Å²) in [7, 11) is 0. The number of nitrogens with zero attached hydrogens (tertiary/aromatic N) is 2. The maximum absolute atomic E-state index is 12.6. The first kappa shape index (κ1) is 16.5. The Kier molecular flexibility index (Phi) is 4.80. The lowest BCUT2D eigenvalue weighted by atomic mass is 10.1.